The van der Waals surface area contributed by atoms with Gasteiger partial charge in [-0.1, -0.05) is 30.3 Å². The third kappa shape index (κ3) is 5.20. The highest BCUT2D eigenvalue weighted by atomic mass is 35.5. The SMILES string of the molecule is C[C@H]1C[C@@H](C(=O)NCC2CCCN2Cc2ccccc2)CCN1.Cl. The largest absolute Gasteiger partial charge is 0.354 e. The first kappa shape index (κ1) is 19.2. The Balaban J connectivity index is 0.00000208. The minimum atomic E-state index is 0. The molecule has 2 heterocycles. The monoisotopic (exact) mass is 351 g/mol. The van der Waals surface area contributed by atoms with Crippen LogP contribution in [0.4, 0.5) is 0 Å². The first-order valence-electron chi connectivity index (χ1n) is 9.01. The quantitative estimate of drug-likeness (QED) is 0.857. The Labute approximate surface area is 151 Å². The third-order valence-electron chi connectivity index (χ3n) is 5.23. The van der Waals surface area contributed by atoms with Crippen molar-refractivity contribution in [2.75, 3.05) is 19.6 Å². The van der Waals surface area contributed by atoms with Gasteiger partial charge in [-0.2, -0.15) is 0 Å². The molecule has 2 saturated heterocycles. The van der Waals surface area contributed by atoms with Crippen molar-refractivity contribution in [3.05, 3.63) is 35.9 Å². The molecule has 0 radical (unpaired) electrons. The van der Waals surface area contributed by atoms with Crippen LogP contribution in [0, 0.1) is 5.92 Å². The first-order chi connectivity index (χ1) is 11.2. The summed E-state index contributed by atoms with van der Waals surface area (Å²) in [5.74, 6) is 0.445. The smallest absolute Gasteiger partial charge is 0.223 e. The van der Waals surface area contributed by atoms with E-state index in [0.717, 1.165) is 39.0 Å². The van der Waals surface area contributed by atoms with Crippen LogP contribution in [0.25, 0.3) is 0 Å². The Morgan fingerprint density at radius 1 is 1.29 bits per heavy atom. The minimum Gasteiger partial charge on any atom is -0.354 e. The lowest BCUT2D eigenvalue weighted by Gasteiger charge is -2.29. The molecule has 3 atom stereocenters. The van der Waals surface area contributed by atoms with Crippen LogP contribution in [0.3, 0.4) is 0 Å². The van der Waals surface area contributed by atoms with Gasteiger partial charge in [-0.15, -0.1) is 12.4 Å². The number of nitrogens with one attached hydrogen (secondary N) is 2. The number of hydrogen-bond donors (Lipinski definition) is 2. The van der Waals surface area contributed by atoms with E-state index in [2.05, 4.69) is 52.8 Å². The molecule has 2 aliphatic rings. The molecule has 1 unspecified atom stereocenters. The lowest BCUT2D eigenvalue weighted by molar-refractivity contribution is -0.126. The standard InChI is InChI=1S/C19H29N3O.ClH/c1-15-12-17(9-10-20-15)19(23)21-13-18-8-5-11-22(18)14-16-6-3-2-4-7-16;/h2-4,6-7,15,17-18,20H,5,8-14H2,1H3,(H,21,23);1H/t15-,17-,18?;/m0./s1. The number of benzene rings is 1. The zero-order valence-electron chi connectivity index (χ0n) is 14.5. The maximum absolute atomic E-state index is 12.4. The average Bonchev–Trinajstić information content (AvgIpc) is 3.00. The van der Waals surface area contributed by atoms with E-state index >= 15 is 0 Å². The first-order valence-corrected chi connectivity index (χ1v) is 9.01. The zero-order valence-corrected chi connectivity index (χ0v) is 15.4. The van der Waals surface area contributed by atoms with Crippen molar-refractivity contribution >= 4 is 18.3 Å². The van der Waals surface area contributed by atoms with Crippen LogP contribution in [0.15, 0.2) is 30.3 Å². The normalized spacial score (nSPS) is 27.5. The highest BCUT2D eigenvalue weighted by Gasteiger charge is 2.28. The van der Waals surface area contributed by atoms with E-state index in [4.69, 9.17) is 0 Å². The number of likely N-dealkylation sites (tertiary alicyclic amines) is 1. The van der Waals surface area contributed by atoms with Crippen LogP contribution in [-0.4, -0.2) is 42.5 Å². The summed E-state index contributed by atoms with van der Waals surface area (Å²) in [6.45, 7) is 6.05. The lowest BCUT2D eigenvalue weighted by Crippen LogP contribution is -2.45. The molecule has 1 aromatic rings. The lowest BCUT2D eigenvalue weighted by atomic mass is 9.92. The average molecular weight is 352 g/mol. The number of halogens is 1. The van der Waals surface area contributed by atoms with Crippen molar-refractivity contribution < 1.29 is 4.79 Å². The predicted molar refractivity (Wildman–Crippen MR) is 100 cm³/mol. The second-order valence-electron chi connectivity index (χ2n) is 7.07. The summed E-state index contributed by atoms with van der Waals surface area (Å²) in [4.78, 5) is 14.9. The van der Waals surface area contributed by atoms with Gasteiger partial charge in [-0.3, -0.25) is 9.69 Å². The van der Waals surface area contributed by atoms with Gasteiger partial charge in [0.1, 0.15) is 0 Å². The fraction of sp³-hybridized carbons (Fsp3) is 0.632. The van der Waals surface area contributed by atoms with E-state index in [1.54, 1.807) is 0 Å². The summed E-state index contributed by atoms with van der Waals surface area (Å²) >= 11 is 0. The van der Waals surface area contributed by atoms with Gasteiger partial charge in [0.2, 0.25) is 5.91 Å². The van der Waals surface area contributed by atoms with Gasteiger partial charge >= 0.3 is 0 Å². The summed E-state index contributed by atoms with van der Waals surface area (Å²) in [5.41, 5.74) is 1.36. The van der Waals surface area contributed by atoms with E-state index < -0.39 is 0 Å². The summed E-state index contributed by atoms with van der Waals surface area (Å²) in [6, 6.07) is 11.6. The van der Waals surface area contributed by atoms with E-state index in [9.17, 15) is 4.79 Å². The van der Waals surface area contributed by atoms with Gasteiger partial charge in [0.15, 0.2) is 0 Å². The minimum absolute atomic E-state index is 0. The molecule has 0 saturated carbocycles. The van der Waals surface area contributed by atoms with Gasteiger partial charge in [-0.05, 0) is 51.3 Å². The highest BCUT2D eigenvalue weighted by molar-refractivity contribution is 5.85. The molecule has 1 aromatic carbocycles. The van der Waals surface area contributed by atoms with Crippen molar-refractivity contribution in [2.45, 2.75) is 51.2 Å². The van der Waals surface area contributed by atoms with Crippen molar-refractivity contribution in [1.82, 2.24) is 15.5 Å². The predicted octanol–water partition coefficient (Wildman–Crippen LogP) is 2.58. The van der Waals surface area contributed by atoms with Crippen LogP contribution < -0.4 is 10.6 Å². The molecule has 0 bridgehead atoms. The van der Waals surface area contributed by atoms with Crippen LogP contribution in [0.1, 0.15) is 38.2 Å². The van der Waals surface area contributed by atoms with E-state index in [1.165, 1.54) is 18.4 Å². The summed E-state index contributed by atoms with van der Waals surface area (Å²) in [7, 11) is 0. The van der Waals surface area contributed by atoms with Crippen LogP contribution >= 0.6 is 12.4 Å². The summed E-state index contributed by atoms with van der Waals surface area (Å²) in [5, 5.41) is 6.63. The number of rotatable bonds is 5. The molecular weight excluding hydrogens is 322 g/mol. The molecular formula is C19H30ClN3O. The second-order valence-corrected chi connectivity index (χ2v) is 7.07. The van der Waals surface area contributed by atoms with Gasteiger partial charge in [0, 0.05) is 31.1 Å². The maximum Gasteiger partial charge on any atom is 0.223 e. The van der Waals surface area contributed by atoms with Gasteiger partial charge in [-0.25, -0.2) is 0 Å². The number of carbonyl (C=O) groups excluding carboxylic acids is 1. The Bertz CT molecular complexity index is 511. The van der Waals surface area contributed by atoms with E-state index in [0.29, 0.717) is 12.1 Å². The molecule has 5 heteroatoms. The molecule has 1 amide bonds. The molecule has 134 valence electrons. The Morgan fingerprint density at radius 3 is 2.83 bits per heavy atom. The maximum atomic E-state index is 12.4. The number of amides is 1. The number of hydrogen-bond acceptors (Lipinski definition) is 3. The van der Waals surface area contributed by atoms with Crippen molar-refractivity contribution in [3.63, 3.8) is 0 Å². The number of piperidine rings is 1. The van der Waals surface area contributed by atoms with Crippen molar-refractivity contribution in [1.29, 1.82) is 0 Å². The molecule has 2 fully saturated rings. The van der Waals surface area contributed by atoms with Crippen LogP contribution in [0.5, 0.6) is 0 Å². The van der Waals surface area contributed by atoms with Crippen LogP contribution in [-0.2, 0) is 11.3 Å². The van der Waals surface area contributed by atoms with Gasteiger partial charge < -0.3 is 10.6 Å². The third-order valence-corrected chi connectivity index (χ3v) is 5.23. The van der Waals surface area contributed by atoms with Crippen LogP contribution in [0.2, 0.25) is 0 Å². The second kappa shape index (κ2) is 9.40. The molecule has 0 aliphatic carbocycles. The van der Waals surface area contributed by atoms with E-state index in [-0.39, 0.29) is 24.2 Å². The van der Waals surface area contributed by atoms with Crippen molar-refractivity contribution in [3.8, 4) is 0 Å². The molecule has 24 heavy (non-hydrogen) atoms. The summed E-state index contributed by atoms with van der Waals surface area (Å²) in [6.07, 6.45) is 4.35. The highest BCUT2D eigenvalue weighted by Crippen LogP contribution is 2.20. The van der Waals surface area contributed by atoms with Gasteiger partial charge in [0.05, 0.1) is 0 Å². The Kier molecular flexibility index (Phi) is 7.53. The molecule has 3 rings (SSSR count). The molecule has 2 N–H and O–H groups in total. The Morgan fingerprint density at radius 2 is 2.08 bits per heavy atom. The number of nitrogens with zero attached hydrogens (tertiary/aromatic N) is 1. The molecule has 2 aliphatic heterocycles. The molecule has 0 spiro atoms. The fourth-order valence-electron chi connectivity index (χ4n) is 3.89. The Hall–Kier alpha value is -1.10. The zero-order chi connectivity index (χ0) is 16.1. The molecule has 0 aromatic heterocycles. The van der Waals surface area contributed by atoms with E-state index in [1.807, 2.05) is 0 Å². The topological polar surface area (TPSA) is 44.4 Å². The van der Waals surface area contributed by atoms with Crippen molar-refractivity contribution in [2.24, 2.45) is 5.92 Å². The van der Waals surface area contributed by atoms with Gasteiger partial charge in [0.25, 0.3) is 0 Å². The molecule has 4 nitrogen and oxygen atoms in total. The fourth-order valence-corrected chi connectivity index (χ4v) is 3.89. The number of carbonyl (C=O) groups is 1. The summed E-state index contributed by atoms with van der Waals surface area (Å²) < 4.78 is 0.